The van der Waals surface area contributed by atoms with Crippen molar-refractivity contribution in [3.8, 4) is 5.75 Å². The number of imidazole rings is 1. The lowest BCUT2D eigenvalue weighted by atomic mass is 10.3. The molecule has 1 atom stereocenters. The van der Waals surface area contributed by atoms with E-state index in [1.165, 1.54) is 0 Å². The van der Waals surface area contributed by atoms with Crippen LogP contribution in [-0.2, 0) is 0 Å². The largest absolute Gasteiger partial charge is 0.508 e. The van der Waals surface area contributed by atoms with Gasteiger partial charge in [0.1, 0.15) is 11.6 Å². The van der Waals surface area contributed by atoms with E-state index in [2.05, 4.69) is 4.98 Å². The van der Waals surface area contributed by atoms with Gasteiger partial charge in [-0.1, -0.05) is 0 Å². The van der Waals surface area contributed by atoms with E-state index in [9.17, 15) is 5.11 Å². The van der Waals surface area contributed by atoms with Crippen molar-refractivity contribution in [1.82, 2.24) is 9.38 Å². The average Bonchev–Trinajstić information content (AvgIpc) is 2.46. The van der Waals surface area contributed by atoms with E-state index in [-0.39, 0.29) is 11.8 Å². The fourth-order valence-corrected chi connectivity index (χ4v) is 1.35. The first-order valence-corrected chi connectivity index (χ1v) is 4.10. The van der Waals surface area contributed by atoms with Crippen LogP contribution >= 0.6 is 0 Å². The number of aromatic hydroxyl groups is 1. The van der Waals surface area contributed by atoms with E-state index >= 15 is 0 Å². The highest BCUT2D eigenvalue weighted by Crippen LogP contribution is 2.16. The topological polar surface area (TPSA) is 63.5 Å². The van der Waals surface area contributed by atoms with Crippen LogP contribution in [0.25, 0.3) is 5.52 Å². The third-order valence-electron chi connectivity index (χ3n) is 1.95. The molecule has 0 aromatic carbocycles. The van der Waals surface area contributed by atoms with Crippen LogP contribution in [0.1, 0.15) is 18.8 Å². The Morgan fingerprint density at radius 3 is 3.08 bits per heavy atom. The number of nitrogens with zero attached hydrogens (tertiary/aromatic N) is 2. The second kappa shape index (κ2) is 2.74. The van der Waals surface area contributed by atoms with Crippen LogP contribution in [-0.4, -0.2) is 14.5 Å². The monoisotopic (exact) mass is 177 g/mol. The highest BCUT2D eigenvalue weighted by atomic mass is 16.3. The van der Waals surface area contributed by atoms with Gasteiger partial charge in [0.25, 0.3) is 0 Å². The van der Waals surface area contributed by atoms with Crippen LogP contribution in [0.15, 0.2) is 24.5 Å². The van der Waals surface area contributed by atoms with Gasteiger partial charge in [-0.2, -0.15) is 0 Å². The third-order valence-corrected chi connectivity index (χ3v) is 1.95. The Morgan fingerprint density at radius 2 is 2.38 bits per heavy atom. The van der Waals surface area contributed by atoms with Gasteiger partial charge in [-0.15, -0.1) is 0 Å². The van der Waals surface area contributed by atoms with E-state index in [4.69, 9.17) is 5.73 Å². The van der Waals surface area contributed by atoms with Crippen molar-refractivity contribution in [2.75, 3.05) is 0 Å². The summed E-state index contributed by atoms with van der Waals surface area (Å²) >= 11 is 0. The van der Waals surface area contributed by atoms with E-state index in [1.54, 1.807) is 24.5 Å². The molecule has 13 heavy (non-hydrogen) atoms. The molecule has 2 aromatic heterocycles. The molecule has 0 saturated carbocycles. The van der Waals surface area contributed by atoms with Crippen molar-refractivity contribution in [3.63, 3.8) is 0 Å². The highest BCUT2D eigenvalue weighted by Gasteiger charge is 2.07. The Balaban J connectivity index is 2.69. The van der Waals surface area contributed by atoms with Gasteiger partial charge in [0, 0.05) is 12.3 Å². The van der Waals surface area contributed by atoms with Gasteiger partial charge in [0.15, 0.2) is 0 Å². The lowest BCUT2D eigenvalue weighted by Crippen LogP contribution is -2.09. The molecule has 4 heteroatoms. The zero-order valence-electron chi connectivity index (χ0n) is 7.31. The molecular formula is C9H11N3O. The van der Waals surface area contributed by atoms with Crippen molar-refractivity contribution in [2.45, 2.75) is 13.0 Å². The van der Waals surface area contributed by atoms with Crippen molar-refractivity contribution < 1.29 is 5.11 Å². The second-order valence-corrected chi connectivity index (χ2v) is 3.08. The van der Waals surface area contributed by atoms with Crippen LogP contribution in [0.3, 0.4) is 0 Å². The van der Waals surface area contributed by atoms with E-state index in [0.29, 0.717) is 0 Å². The fraction of sp³-hybridized carbons (Fsp3) is 0.222. The number of hydrogen-bond acceptors (Lipinski definition) is 3. The molecule has 3 N–H and O–H groups in total. The Hall–Kier alpha value is -1.55. The lowest BCUT2D eigenvalue weighted by molar-refractivity contribution is 0.475. The van der Waals surface area contributed by atoms with Crippen molar-refractivity contribution in [2.24, 2.45) is 5.73 Å². The molecule has 68 valence electrons. The molecule has 0 fully saturated rings. The number of fused-ring (bicyclic) bond motifs is 1. The van der Waals surface area contributed by atoms with Crippen molar-refractivity contribution >= 4 is 5.52 Å². The molecular weight excluding hydrogens is 166 g/mol. The maximum absolute atomic E-state index is 9.21. The summed E-state index contributed by atoms with van der Waals surface area (Å²) in [6, 6.07) is 3.16. The number of pyridine rings is 1. The second-order valence-electron chi connectivity index (χ2n) is 3.08. The van der Waals surface area contributed by atoms with Gasteiger partial charge >= 0.3 is 0 Å². The van der Waals surface area contributed by atoms with Crippen LogP contribution in [0, 0.1) is 0 Å². The molecule has 0 amide bonds. The highest BCUT2D eigenvalue weighted by molar-refractivity contribution is 5.50. The molecule has 2 aromatic rings. The molecule has 0 radical (unpaired) electrons. The molecule has 0 saturated heterocycles. The summed E-state index contributed by atoms with van der Waals surface area (Å²) in [6.45, 7) is 1.88. The van der Waals surface area contributed by atoms with Gasteiger partial charge in [-0.3, -0.25) is 0 Å². The number of nitrogens with two attached hydrogens (primary N) is 1. The zero-order valence-corrected chi connectivity index (χ0v) is 7.31. The molecule has 2 heterocycles. The minimum atomic E-state index is -0.105. The Morgan fingerprint density at radius 1 is 1.62 bits per heavy atom. The first-order chi connectivity index (χ1) is 6.18. The van der Waals surface area contributed by atoms with Gasteiger partial charge in [-0.05, 0) is 13.0 Å². The van der Waals surface area contributed by atoms with Gasteiger partial charge in [-0.25, -0.2) is 4.98 Å². The molecule has 0 aliphatic carbocycles. The van der Waals surface area contributed by atoms with Crippen LogP contribution in [0.4, 0.5) is 0 Å². The first-order valence-electron chi connectivity index (χ1n) is 4.10. The van der Waals surface area contributed by atoms with E-state index in [1.807, 2.05) is 11.3 Å². The average molecular weight is 177 g/mol. The summed E-state index contributed by atoms with van der Waals surface area (Å²) in [4.78, 5) is 4.16. The molecule has 0 aliphatic heterocycles. The first kappa shape index (κ1) is 8.07. The minimum Gasteiger partial charge on any atom is -0.508 e. The van der Waals surface area contributed by atoms with Gasteiger partial charge in [0.05, 0.1) is 17.8 Å². The number of aromatic nitrogens is 2. The molecule has 1 unspecified atom stereocenters. The Kier molecular flexibility index (Phi) is 1.70. The summed E-state index contributed by atoms with van der Waals surface area (Å²) in [5, 5.41) is 9.21. The normalized spacial score (nSPS) is 13.4. The molecule has 2 rings (SSSR count). The van der Waals surface area contributed by atoms with E-state index in [0.717, 1.165) is 11.3 Å². The Bertz CT molecular complexity index is 433. The van der Waals surface area contributed by atoms with Crippen molar-refractivity contribution in [3.05, 3.63) is 30.4 Å². The number of hydrogen-bond donors (Lipinski definition) is 2. The summed E-state index contributed by atoms with van der Waals surface area (Å²) in [6.07, 6.45) is 3.45. The minimum absolute atomic E-state index is 0.105. The molecule has 0 bridgehead atoms. The predicted octanol–water partition coefficient (Wildman–Crippen LogP) is 1.06. The summed E-state index contributed by atoms with van der Waals surface area (Å²) < 4.78 is 1.87. The Labute approximate surface area is 75.6 Å². The maximum Gasteiger partial charge on any atom is 0.129 e. The summed E-state index contributed by atoms with van der Waals surface area (Å²) in [7, 11) is 0. The molecule has 0 aliphatic rings. The van der Waals surface area contributed by atoms with Crippen LogP contribution in [0.5, 0.6) is 5.75 Å². The van der Waals surface area contributed by atoms with Crippen LogP contribution in [0.2, 0.25) is 0 Å². The quantitative estimate of drug-likeness (QED) is 0.684. The van der Waals surface area contributed by atoms with Gasteiger partial charge < -0.3 is 15.2 Å². The predicted molar refractivity (Wildman–Crippen MR) is 49.5 cm³/mol. The SMILES string of the molecule is CC(N)c1ncc2cc(O)ccn12. The fourth-order valence-electron chi connectivity index (χ4n) is 1.35. The van der Waals surface area contributed by atoms with E-state index < -0.39 is 0 Å². The lowest BCUT2D eigenvalue weighted by Gasteiger charge is -2.03. The summed E-state index contributed by atoms with van der Waals surface area (Å²) in [5.74, 6) is 1.04. The standard InChI is InChI=1S/C9H11N3O/c1-6(10)9-11-5-7-4-8(13)2-3-12(7)9/h2-6,13H,10H2,1H3. The van der Waals surface area contributed by atoms with Gasteiger partial charge in [0.2, 0.25) is 0 Å². The smallest absolute Gasteiger partial charge is 0.129 e. The zero-order chi connectivity index (χ0) is 9.42. The summed E-state index contributed by atoms with van der Waals surface area (Å²) in [5.41, 5.74) is 6.57. The van der Waals surface area contributed by atoms with Crippen molar-refractivity contribution in [1.29, 1.82) is 0 Å². The third kappa shape index (κ3) is 1.25. The van der Waals surface area contributed by atoms with Crippen LogP contribution < -0.4 is 5.73 Å². The molecule has 4 nitrogen and oxygen atoms in total. The molecule has 0 spiro atoms. The number of rotatable bonds is 1. The maximum atomic E-state index is 9.21.